The van der Waals surface area contributed by atoms with Crippen molar-refractivity contribution < 1.29 is 17.9 Å². The average molecular weight is 288 g/mol. The van der Waals surface area contributed by atoms with Crippen LogP contribution in [0.25, 0.3) is 0 Å². The Morgan fingerprint density at radius 2 is 1.74 bits per heavy atom. The van der Waals surface area contributed by atoms with Gasteiger partial charge in [0, 0.05) is 12.1 Å². The molecule has 1 aromatic carbocycles. The molecule has 6 nitrogen and oxygen atoms in total. The van der Waals surface area contributed by atoms with Gasteiger partial charge in [-0.2, -0.15) is 0 Å². The first-order valence-electron chi connectivity index (χ1n) is 5.81. The molecule has 0 heterocycles. The van der Waals surface area contributed by atoms with Gasteiger partial charge in [-0.15, -0.1) is 0 Å². The van der Waals surface area contributed by atoms with Crippen LogP contribution in [0.3, 0.4) is 0 Å². The van der Waals surface area contributed by atoms with Gasteiger partial charge in [0.1, 0.15) is 0 Å². The highest BCUT2D eigenvalue weighted by atomic mass is 32.2. The molecule has 0 spiro atoms. The lowest BCUT2D eigenvalue weighted by Gasteiger charge is -2.15. The zero-order chi connectivity index (χ0) is 14.6. The third-order valence-corrected chi connectivity index (χ3v) is 4.01. The number of nitrogens with two attached hydrogens (primary N) is 1. The molecule has 0 fully saturated rings. The summed E-state index contributed by atoms with van der Waals surface area (Å²) in [4.78, 5) is 0. The van der Waals surface area contributed by atoms with Crippen molar-refractivity contribution in [1.29, 1.82) is 0 Å². The smallest absolute Gasteiger partial charge is 0.233 e. The molecule has 1 aromatic rings. The number of ether oxygens (including phenoxy) is 2. The van der Waals surface area contributed by atoms with Crippen LogP contribution in [0.15, 0.2) is 12.1 Å². The molecule has 0 aliphatic heterocycles. The molecule has 0 aliphatic carbocycles. The second kappa shape index (κ2) is 6.01. The Hall–Kier alpha value is -1.63. The van der Waals surface area contributed by atoms with Crippen LogP contribution in [0, 0.1) is 5.92 Å². The number of methoxy groups -OCH3 is 2. The fourth-order valence-corrected chi connectivity index (χ4v) is 3.10. The number of hydrogen-bond acceptors (Lipinski definition) is 5. The van der Waals surface area contributed by atoms with E-state index in [-0.39, 0.29) is 17.4 Å². The molecule has 0 bridgehead atoms. The Kier molecular flexibility index (Phi) is 4.88. The molecule has 0 saturated carbocycles. The summed E-state index contributed by atoms with van der Waals surface area (Å²) in [6.45, 7) is 3.66. The maximum absolute atomic E-state index is 11.9. The van der Waals surface area contributed by atoms with Crippen LogP contribution in [-0.4, -0.2) is 28.4 Å². The molecule has 0 unspecified atom stereocenters. The van der Waals surface area contributed by atoms with Crippen LogP contribution in [0.4, 0.5) is 11.4 Å². The lowest BCUT2D eigenvalue weighted by atomic mass is 10.2. The van der Waals surface area contributed by atoms with Gasteiger partial charge in [0.05, 0.1) is 31.3 Å². The van der Waals surface area contributed by atoms with Crippen molar-refractivity contribution in [2.75, 3.05) is 30.4 Å². The van der Waals surface area contributed by atoms with E-state index >= 15 is 0 Å². The van der Waals surface area contributed by atoms with Gasteiger partial charge in [0.2, 0.25) is 10.0 Å². The predicted octanol–water partition coefficient (Wildman–Crippen LogP) is 1.68. The quantitative estimate of drug-likeness (QED) is 0.777. The van der Waals surface area contributed by atoms with Gasteiger partial charge >= 0.3 is 0 Å². The summed E-state index contributed by atoms with van der Waals surface area (Å²) in [6.07, 6.45) is 0. The van der Waals surface area contributed by atoms with Crippen LogP contribution in [0.1, 0.15) is 13.8 Å². The Morgan fingerprint density at radius 3 is 2.21 bits per heavy atom. The van der Waals surface area contributed by atoms with E-state index in [2.05, 4.69) is 4.72 Å². The Bertz CT molecular complexity index is 541. The first-order chi connectivity index (χ1) is 8.79. The van der Waals surface area contributed by atoms with Gasteiger partial charge in [0.25, 0.3) is 0 Å². The number of nitrogens with one attached hydrogen (secondary N) is 1. The fraction of sp³-hybridized carbons (Fsp3) is 0.500. The lowest BCUT2D eigenvalue weighted by molar-refractivity contribution is 0.355. The standard InChI is InChI=1S/C12H20N2O4S/c1-8(2)7-19(15,16)14-10-6-12(18-4)11(17-3)5-9(10)13/h5-6,8,14H,7,13H2,1-4H3. The molecule has 19 heavy (non-hydrogen) atoms. The number of nitrogen functional groups attached to an aromatic ring is 1. The number of benzene rings is 1. The van der Waals surface area contributed by atoms with Crippen molar-refractivity contribution in [2.45, 2.75) is 13.8 Å². The number of sulfonamides is 1. The highest BCUT2D eigenvalue weighted by Crippen LogP contribution is 2.35. The van der Waals surface area contributed by atoms with E-state index in [4.69, 9.17) is 15.2 Å². The molecule has 108 valence electrons. The zero-order valence-electron chi connectivity index (χ0n) is 11.6. The normalized spacial score (nSPS) is 11.4. The second-order valence-electron chi connectivity index (χ2n) is 4.57. The fourth-order valence-electron chi connectivity index (χ4n) is 1.63. The van der Waals surface area contributed by atoms with Crippen LogP contribution in [-0.2, 0) is 10.0 Å². The van der Waals surface area contributed by atoms with Crippen molar-refractivity contribution in [3.63, 3.8) is 0 Å². The van der Waals surface area contributed by atoms with E-state index in [0.717, 1.165) is 0 Å². The highest BCUT2D eigenvalue weighted by Gasteiger charge is 2.16. The van der Waals surface area contributed by atoms with E-state index in [1.54, 1.807) is 0 Å². The van der Waals surface area contributed by atoms with Gasteiger partial charge in [0.15, 0.2) is 11.5 Å². The first-order valence-corrected chi connectivity index (χ1v) is 7.46. The number of hydrogen-bond donors (Lipinski definition) is 2. The second-order valence-corrected chi connectivity index (χ2v) is 6.34. The minimum Gasteiger partial charge on any atom is -0.493 e. The van der Waals surface area contributed by atoms with Crippen molar-refractivity contribution in [2.24, 2.45) is 5.92 Å². The molecule has 0 saturated heterocycles. The topological polar surface area (TPSA) is 90.6 Å². The van der Waals surface area contributed by atoms with Crippen LogP contribution in [0.2, 0.25) is 0 Å². The molecule has 0 radical (unpaired) electrons. The van der Waals surface area contributed by atoms with Crippen molar-refractivity contribution >= 4 is 21.4 Å². The molecule has 0 aromatic heterocycles. The van der Waals surface area contributed by atoms with E-state index < -0.39 is 10.0 Å². The van der Waals surface area contributed by atoms with Gasteiger partial charge in [-0.25, -0.2) is 8.42 Å². The van der Waals surface area contributed by atoms with Gasteiger partial charge in [-0.1, -0.05) is 13.8 Å². The van der Waals surface area contributed by atoms with E-state index in [0.29, 0.717) is 17.2 Å². The molecular weight excluding hydrogens is 268 g/mol. The van der Waals surface area contributed by atoms with Crippen molar-refractivity contribution in [3.8, 4) is 11.5 Å². The lowest BCUT2D eigenvalue weighted by Crippen LogP contribution is -2.20. The highest BCUT2D eigenvalue weighted by molar-refractivity contribution is 7.92. The summed E-state index contributed by atoms with van der Waals surface area (Å²) in [5.74, 6) is 0.922. The van der Waals surface area contributed by atoms with Gasteiger partial charge in [-0.3, -0.25) is 4.72 Å². The van der Waals surface area contributed by atoms with E-state index in [1.807, 2.05) is 13.8 Å². The SMILES string of the molecule is COc1cc(N)c(NS(=O)(=O)CC(C)C)cc1OC. The Morgan fingerprint density at radius 1 is 1.21 bits per heavy atom. The predicted molar refractivity (Wildman–Crippen MR) is 76.2 cm³/mol. The summed E-state index contributed by atoms with van der Waals surface area (Å²) >= 11 is 0. The minimum absolute atomic E-state index is 0.0267. The monoisotopic (exact) mass is 288 g/mol. The van der Waals surface area contributed by atoms with Crippen LogP contribution >= 0.6 is 0 Å². The molecule has 1 rings (SSSR count). The molecule has 7 heteroatoms. The number of anilines is 2. The number of rotatable bonds is 6. The van der Waals surface area contributed by atoms with Crippen LogP contribution in [0.5, 0.6) is 11.5 Å². The summed E-state index contributed by atoms with van der Waals surface area (Å²) in [6, 6.07) is 3.03. The largest absolute Gasteiger partial charge is 0.493 e. The van der Waals surface area contributed by atoms with Crippen molar-refractivity contribution in [3.05, 3.63) is 12.1 Å². The summed E-state index contributed by atoms with van der Waals surface area (Å²) in [7, 11) is -0.469. The van der Waals surface area contributed by atoms with Gasteiger partial charge < -0.3 is 15.2 Å². The Labute approximate surface area is 113 Å². The average Bonchev–Trinajstić information content (AvgIpc) is 2.29. The maximum atomic E-state index is 11.9. The summed E-state index contributed by atoms with van der Waals surface area (Å²) in [5, 5.41) is 0. The summed E-state index contributed by atoms with van der Waals surface area (Å²) < 4.78 is 36.4. The minimum atomic E-state index is -3.43. The van der Waals surface area contributed by atoms with E-state index in [1.165, 1.54) is 26.4 Å². The molecule has 0 aliphatic rings. The zero-order valence-corrected chi connectivity index (χ0v) is 12.4. The van der Waals surface area contributed by atoms with E-state index in [9.17, 15) is 8.42 Å². The maximum Gasteiger partial charge on any atom is 0.233 e. The molecule has 0 atom stereocenters. The van der Waals surface area contributed by atoms with Crippen molar-refractivity contribution in [1.82, 2.24) is 0 Å². The first kappa shape index (κ1) is 15.4. The van der Waals surface area contributed by atoms with Crippen LogP contribution < -0.4 is 19.9 Å². The molecule has 0 amide bonds. The molecule has 3 N–H and O–H groups in total. The molecular formula is C12H20N2O4S. The van der Waals surface area contributed by atoms with Gasteiger partial charge in [-0.05, 0) is 5.92 Å². The third-order valence-electron chi connectivity index (χ3n) is 2.37. The Balaban J connectivity index is 3.08. The summed E-state index contributed by atoms with van der Waals surface area (Å²) in [5.41, 5.74) is 6.37. The third kappa shape index (κ3) is 4.20.